The SMILES string of the molecule is O=C1NC(=O)N(/N=C/c2ccccc2)C1=O. The highest BCUT2D eigenvalue weighted by molar-refractivity contribution is 6.44. The Bertz CT molecular complexity index is 481. The van der Waals surface area contributed by atoms with E-state index in [1.165, 1.54) is 6.21 Å². The Morgan fingerprint density at radius 1 is 1.12 bits per heavy atom. The van der Waals surface area contributed by atoms with Crippen LogP contribution in [0.4, 0.5) is 4.79 Å². The number of nitrogens with one attached hydrogen (secondary N) is 1. The summed E-state index contributed by atoms with van der Waals surface area (Å²) in [4.78, 5) is 33.0. The molecule has 0 aliphatic carbocycles. The van der Waals surface area contributed by atoms with Gasteiger partial charge in [-0.2, -0.15) is 5.10 Å². The monoisotopic (exact) mass is 217 g/mol. The third-order valence-electron chi connectivity index (χ3n) is 1.92. The van der Waals surface area contributed by atoms with Gasteiger partial charge in [-0.25, -0.2) is 4.79 Å². The Kier molecular flexibility index (Phi) is 2.47. The lowest BCUT2D eigenvalue weighted by atomic mass is 10.2. The second kappa shape index (κ2) is 3.93. The van der Waals surface area contributed by atoms with Crippen molar-refractivity contribution in [2.75, 3.05) is 0 Å². The average Bonchev–Trinajstić information content (AvgIpc) is 2.53. The van der Waals surface area contributed by atoms with E-state index < -0.39 is 17.8 Å². The molecule has 4 amide bonds. The summed E-state index contributed by atoms with van der Waals surface area (Å²) in [6.45, 7) is 0. The first-order valence-corrected chi connectivity index (χ1v) is 4.47. The van der Waals surface area contributed by atoms with E-state index in [4.69, 9.17) is 0 Å². The summed E-state index contributed by atoms with van der Waals surface area (Å²) >= 11 is 0. The number of carbonyl (C=O) groups is 3. The zero-order valence-electron chi connectivity index (χ0n) is 8.08. The van der Waals surface area contributed by atoms with Crippen LogP contribution in [0, 0.1) is 0 Å². The molecule has 0 bridgehead atoms. The lowest BCUT2D eigenvalue weighted by Crippen LogP contribution is -2.25. The van der Waals surface area contributed by atoms with Crippen molar-refractivity contribution in [2.24, 2.45) is 5.10 Å². The molecule has 1 aliphatic heterocycles. The predicted octanol–water partition coefficient (Wildman–Crippen LogP) is 0.0989. The molecule has 1 heterocycles. The van der Waals surface area contributed by atoms with Gasteiger partial charge in [0.25, 0.3) is 0 Å². The lowest BCUT2D eigenvalue weighted by molar-refractivity contribution is -0.140. The fraction of sp³-hybridized carbons (Fsp3) is 0. The summed E-state index contributed by atoms with van der Waals surface area (Å²) in [5.74, 6) is -1.94. The third-order valence-corrected chi connectivity index (χ3v) is 1.92. The van der Waals surface area contributed by atoms with Crippen LogP contribution in [0.2, 0.25) is 0 Å². The first-order valence-electron chi connectivity index (χ1n) is 4.47. The van der Waals surface area contributed by atoms with Gasteiger partial charge < -0.3 is 0 Å². The molecule has 0 saturated carbocycles. The molecule has 0 unspecified atom stereocenters. The van der Waals surface area contributed by atoms with Crippen LogP contribution in [0.15, 0.2) is 35.4 Å². The standard InChI is InChI=1S/C10H7N3O3/c14-8-9(15)13(10(16)12-8)11-6-7-4-2-1-3-5-7/h1-6H,(H,12,14,16)/b11-6+. The van der Waals surface area contributed by atoms with E-state index in [9.17, 15) is 14.4 Å². The fourth-order valence-corrected chi connectivity index (χ4v) is 1.16. The van der Waals surface area contributed by atoms with Crippen molar-refractivity contribution in [1.82, 2.24) is 10.3 Å². The van der Waals surface area contributed by atoms with Gasteiger partial charge >= 0.3 is 17.8 Å². The molecule has 16 heavy (non-hydrogen) atoms. The minimum Gasteiger partial charge on any atom is -0.268 e. The van der Waals surface area contributed by atoms with Gasteiger partial charge in [0.05, 0.1) is 6.21 Å². The van der Waals surface area contributed by atoms with E-state index in [1.807, 2.05) is 11.4 Å². The fourth-order valence-electron chi connectivity index (χ4n) is 1.16. The van der Waals surface area contributed by atoms with E-state index >= 15 is 0 Å². The number of urea groups is 1. The number of hydrogen-bond acceptors (Lipinski definition) is 4. The van der Waals surface area contributed by atoms with Crippen LogP contribution in [-0.2, 0) is 9.59 Å². The zero-order chi connectivity index (χ0) is 11.5. The van der Waals surface area contributed by atoms with Crippen LogP contribution in [0.25, 0.3) is 0 Å². The normalized spacial score (nSPS) is 16.0. The second-order valence-electron chi connectivity index (χ2n) is 3.03. The van der Waals surface area contributed by atoms with Crippen molar-refractivity contribution in [3.8, 4) is 0 Å². The highest BCUT2D eigenvalue weighted by Crippen LogP contribution is 2.02. The summed E-state index contributed by atoms with van der Waals surface area (Å²) < 4.78 is 0. The topological polar surface area (TPSA) is 78.8 Å². The van der Waals surface area contributed by atoms with Gasteiger partial charge in [-0.1, -0.05) is 30.3 Å². The zero-order valence-corrected chi connectivity index (χ0v) is 8.08. The molecule has 1 aliphatic rings. The van der Waals surface area contributed by atoms with Gasteiger partial charge in [0.15, 0.2) is 0 Å². The second-order valence-corrected chi connectivity index (χ2v) is 3.03. The number of nitrogens with zero attached hydrogens (tertiary/aromatic N) is 2. The molecule has 0 radical (unpaired) electrons. The molecule has 1 fully saturated rings. The molecule has 0 atom stereocenters. The minimum absolute atomic E-state index is 0.495. The molecule has 1 N–H and O–H groups in total. The van der Waals surface area contributed by atoms with Crippen molar-refractivity contribution in [2.45, 2.75) is 0 Å². The Hall–Kier alpha value is -2.50. The molecular formula is C10H7N3O3. The highest BCUT2D eigenvalue weighted by atomic mass is 16.2. The van der Waals surface area contributed by atoms with Crippen molar-refractivity contribution in [3.63, 3.8) is 0 Å². The van der Waals surface area contributed by atoms with E-state index in [0.717, 1.165) is 5.56 Å². The number of benzene rings is 1. The molecular weight excluding hydrogens is 210 g/mol. The molecule has 0 aromatic heterocycles. The molecule has 6 heteroatoms. The summed E-state index contributed by atoms with van der Waals surface area (Å²) in [5, 5.41) is 5.96. The van der Waals surface area contributed by atoms with Crippen LogP contribution in [0.3, 0.4) is 0 Å². The molecule has 6 nitrogen and oxygen atoms in total. The van der Waals surface area contributed by atoms with Gasteiger partial charge in [-0.05, 0) is 5.56 Å². The van der Waals surface area contributed by atoms with Gasteiger partial charge in [0.2, 0.25) is 0 Å². The highest BCUT2D eigenvalue weighted by Gasteiger charge is 2.36. The van der Waals surface area contributed by atoms with Crippen molar-refractivity contribution in [1.29, 1.82) is 0 Å². The van der Waals surface area contributed by atoms with Crippen molar-refractivity contribution in [3.05, 3.63) is 35.9 Å². The summed E-state index contributed by atoms with van der Waals surface area (Å²) in [6, 6.07) is 8.08. The lowest BCUT2D eigenvalue weighted by Gasteiger charge is -2.01. The maximum atomic E-state index is 11.1. The number of amides is 4. The maximum absolute atomic E-state index is 11.1. The van der Waals surface area contributed by atoms with Crippen LogP contribution in [0.1, 0.15) is 5.56 Å². The summed E-state index contributed by atoms with van der Waals surface area (Å²) in [6.07, 6.45) is 1.33. The number of carbonyl (C=O) groups excluding carboxylic acids is 3. The number of hydrazone groups is 1. The summed E-state index contributed by atoms with van der Waals surface area (Å²) in [5.41, 5.74) is 0.724. The Morgan fingerprint density at radius 3 is 2.38 bits per heavy atom. The Morgan fingerprint density at radius 2 is 1.81 bits per heavy atom. The quantitative estimate of drug-likeness (QED) is 0.433. The molecule has 80 valence electrons. The van der Waals surface area contributed by atoms with Crippen LogP contribution >= 0.6 is 0 Å². The maximum Gasteiger partial charge on any atom is 0.352 e. The molecule has 0 spiro atoms. The minimum atomic E-state index is -0.975. The first kappa shape index (κ1) is 10.0. The van der Waals surface area contributed by atoms with Crippen molar-refractivity contribution < 1.29 is 14.4 Å². The van der Waals surface area contributed by atoms with Gasteiger partial charge in [0, 0.05) is 0 Å². The average molecular weight is 217 g/mol. The van der Waals surface area contributed by atoms with Crippen LogP contribution < -0.4 is 5.32 Å². The van der Waals surface area contributed by atoms with Crippen LogP contribution in [-0.4, -0.2) is 29.1 Å². The number of hydrogen-bond donors (Lipinski definition) is 1. The van der Waals surface area contributed by atoms with Crippen LogP contribution in [0.5, 0.6) is 0 Å². The molecule has 1 aromatic carbocycles. The Labute approximate surface area is 90.5 Å². The first-order chi connectivity index (χ1) is 7.68. The third kappa shape index (κ3) is 1.81. The van der Waals surface area contributed by atoms with Gasteiger partial charge in [-0.15, -0.1) is 5.01 Å². The largest absolute Gasteiger partial charge is 0.352 e. The van der Waals surface area contributed by atoms with Gasteiger partial charge in [0.1, 0.15) is 0 Å². The molecule has 1 saturated heterocycles. The van der Waals surface area contributed by atoms with E-state index in [1.54, 1.807) is 24.3 Å². The predicted molar refractivity (Wildman–Crippen MR) is 54.4 cm³/mol. The van der Waals surface area contributed by atoms with Gasteiger partial charge in [-0.3, -0.25) is 14.9 Å². The summed E-state index contributed by atoms with van der Waals surface area (Å²) in [7, 11) is 0. The Balaban J connectivity index is 2.16. The molecule has 1 aromatic rings. The van der Waals surface area contributed by atoms with E-state index in [-0.39, 0.29) is 0 Å². The number of rotatable bonds is 2. The van der Waals surface area contributed by atoms with Crippen molar-refractivity contribution >= 4 is 24.1 Å². The number of imide groups is 2. The molecule has 2 rings (SSSR count). The van der Waals surface area contributed by atoms with E-state index in [2.05, 4.69) is 5.10 Å². The van der Waals surface area contributed by atoms with E-state index in [0.29, 0.717) is 5.01 Å². The smallest absolute Gasteiger partial charge is 0.268 e.